The SMILES string of the molecule is CCCn1[nH]c(C)cc1=O. The molecule has 0 aliphatic carbocycles. The van der Waals surface area contributed by atoms with E-state index >= 15 is 0 Å². The molecular weight excluding hydrogens is 128 g/mol. The van der Waals surface area contributed by atoms with Crippen molar-refractivity contribution >= 4 is 0 Å². The van der Waals surface area contributed by atoms with Gasteiger partial charge in [-0.3, -0.25) is 9.48 Å². The van der Waals surface area contributed by atoms with Crippen molar-refractivity contribution in [3.05, 3.63) is 22.1 Å². The molecule has 56 valence electrons. The normalized spacial score (nSPS) is 10.2. The lowest BCUT2D eigenvalue weighted by Gasteiger charge is -1.95. The molecule has 0 atom stereocenters. The van der Waals surface area contributed by atoms with Gasteiger partial charge in [0.05, 0.1) is 0 Å². The summed E-state index contributed by atoms with van der Waals surface area (Å²) in [5.41, 5.74) is 0.998. The molecule has 1 aromatic rings. The van der Waals surface area contributed by atoms with Crippen molar-refractivity contribution in [3.8, 4) is 0 Å². The highest BCUT2D eigenvalue weighted by atomic mass is 16.1. The van der Waals surface area contributed by atoms with Crippen LogP contribution in [-0.2, 0) is 6.54 Å². The van der Waals surface area contributed by atoms with E-state index in [0.717, 1.165) is 18.7 Å². The van der Waals surface area contributed by atoms with Crippen LogP contribution in [0.3, 0.4) is 0 Å². The quantitative estimate of drug-likeness (QED) is 0.651. The molecule has 1 aromatic heterocycles. The first-order chi connectivity index (χ1) is 4.74. The summed E-state index contributed by atoms with van der Waals surface area (Å²) in [4.78, 5) is 11.0. The summed E-state index contributed by atoms with van der Waals surface area (Å²) in [6, 6.07) is 1.61. The Morgan fingerprint density at radius 3 is 2.80 bits per heavy atom. The average molecular weight is 140 g/mol. The first-order valence-corrected chi connectivity index (χ1v) is 3.50. The molecule has 0 aliphatic rings. The maximum Gasteiger partial charge on any atom is 0.266 e. The number of hydrogen-bond donors (Lipinski definition) is 1. The van der Waals surface area contributed by atoms with Gasteiger partial charge in [0, 0.05) is 18.3 Å². The van der Waals surface area contributed by atoms with Gasteiger partial charge >= 0.3 is 0 Å². The molecule has 0 saturated heterocycles. The number of aromatic nitrogens is 2. The van der Waals surface area contributed by atoms with Gasteiger partial charge in [-0.1, -0.05) is 6.92 Å². The summed E-state index contributed by atoms with van der Waals surface area (Å²) >= 11 is 0. The number of H-pyrrole nitrogens is 1. The zero-order valence-electron chi connectivity index (χ0n) is 6.35. The summed E-state index contributed by atoms with van der Waals surface area (Å²) in [5, 5.41) is 2.95. The third-order valence-electron chi connectivity index (χ3n) is 1.36. The smallest absolute Gasteiger partial charge is 0.266 e. The summed E-state index contributed by atoms with van der Waals surface area (Å²) in [7, 11) is 0. The van der Waals surface area contributed by atoms with Gasteiger partial charge < -0.3 is 5.10 Å². The molecule has 1 N–H and O–H groups in total. The Morgan fingerprint density at radius 2 is 2.40 bits per heavy atom. The molecule has 0 aliphatic heterocycles. The van der Waals surface area contributed by atoms with Crippen LogP contribution in [0.5, 0.6) is 0 Å². The number of hydrogen-bond acceptors (Lipinski definition) is 1. The van der Waals surface area contributed by atoms with E-state index in [9.17, 15) is 4.79 Å². The number of rotatable bonds is 2. The summed E-state index contributed by atoms with van der Waals surface area (Å²) in [6.07, 6.45) is 0.986. The van der Waals surface area contributed by atoms with E-state index in [1.165, 1.54) is 0 Å². The molecule has 0 radical (unpaired) electrons. The van der Waals surface area contributed by atoms with Crippen LogP contribution in [0, 0.1) is 6.92 Å². The lowest BCUT2D eigenvalue weighted by molar-refractivity contribution is 0.581. The van der Waals surface area contributed by atoms with Crippen LogP contribution >= 0.6 is 0 Å². The van der Waals surface area contributed by atoms with E-state index < -0.39 is 0 Å². The van der Waals surface area contributed by atoms with Crippen LogP contribution in [0.15, 0.2) is 10.9 Å². The van der Waals surface area contributed by atoms with E-state index in [1.54, 1.807) is 10.7 Å². The van der Waals surface area contributed by atoms with Crippen molar-refractivity contribution in [2.45, 2.75) is 26.8 Å². The predicted molar refractivity (Wildman–Crippen MR) is 40.1 cm³/mol. The fourth-order valence-electron chi connectivity index (χ4n) is 0.953. The van der Waals surface area contributed by atoms with Crippen LogP contribution < -0.4 is 5.56 Å². The second kappa shape index (κ2) is 2.73. The molecule has 0 unspecified atom stereocenters. The number of aryl methyl sites for hydroxylation is 2. The van der Waals surface area contributed by atoms with E-state index in [4.69, 9.17) is 0 Å². The molecule has 0 saturated carbocycles. The minimum atomic E-state index is 0.0688. The molecule has 1 rings (SSSR count). The molecule has 3 heteroatoms. The van der Waals surface area contributed by atoms with Crippen LogP contribution in [0.2, 0.25) is 0 Å². The first-order valence-electron chi connectivity index (χ1n) is 3.50. The van der Waals surface area contributed by atoms with Crippen molar-refractivity contribution < 1.29 is 0 Å². The van der Waals surface area contributed by atoms with Crippen molar-refractivity contribution in [3.63, 3.8) is 0 Å². The second-order valence-electron chi connectivity index (χ2n) is 2.43. The summed E-state index contributed by atoms with van der Waals surface area (Å²) < 4.78 is 1.62. The lowest BCUT2D eigenvalue weighted by atomic mass is 10.5. The molecule has 10 heavy (non-hydrogen) atoms. The largest absolute Gasteiger partial charge is 0.300 e. The minimum absolute atomic E-state index is 0.0688. The van der Waals surface area contributed by atoms with E-state index in [2.05, 4.69) is 5.10 Å². The monoisotopic (exact) mass is 140 g/mol. The second-order valence-corrected chi connectivity index (χ2v) is 2.43. The Morgan fingerprint density at radius 1 is 1.70 bits per heavy atom. The van der Waals surface area contributed by atoms with Gasteiger partial charge in [0.2, 0.25) is 0 Å². The Balaban J connectivity index is 2.92. The Hall–Kier alpha value is -0.990. The van der Waals surface area contributed by atoms with Gasteiger partial charge in [-0.15, -0.1) is 0 Å². The minimum Gasteiger partial charge on any atom is -0.300 e. The fraction of sp³-hybridized carbons (Fsp3) is 0.571. The molecule has 0 amide bonds. The molecule has 0 aromatic carbocycles. The first kappa shape index (κ1) is 7.12. The van der Waals surface area contributed by atoms with Gasteiger partial charge in [-0.05, 0) is 13.3 Å². The maximum absolute atomic E-state index is 11.0. The topological polar surface area (TPSA) is 37.8 Å². The van der Waals surface area contributed by atoms with Gasteiger partial charge in [-0.2, -0.15) is 0 Å². The number of nitrogens with zero attached hydrogens (tertiary/aromatic N) is 1. The highest BCUT2D eigenvalue weighted by Gasteiger charge is 1.95. The Kier molecular flexibility index (Phi) is 1.94. The van der Waals surface area contributed by atoms with Gasteiger partial charge in [0.1, 0.15) is 0 Å². The molecule has 0 bridgehead atoms. The third-order valence-corrected chi connectivity index (χ3v) is 1.36. The van der Waals surface area contributed by atoms with Crippen LogP contribution in [0.4, 0.5) is 0 Å². The van der Waals surface area contributed by atoms with Gasteiger partial charge in [0.15, 0.2) is 0 Å². The molecule has 0 fully saturated rings. The maximum atomic E-state index is 11.0. The predicted octanol–water partition coefficient (Wildman–Crippen LogP) is 0.895. The zero-order chi connectivity index (χ0) is 7.56. The Bertz CT molecular complexity index is 259. The van der Waals surface area contributed by atoms with Crippen molar-refractivity contribution in [1.82, 2.24) is 9.78 Å². The van der Waals surface area contributed by atoms with Gasteiger partial charge in [0.25, 0.3) is 5.56 Å². The third kappa shape index (κ3) is 1.29. The average Bonchev–Trinajstić information content (AvgIpc) is 2.13. The molecule has 3 nitrogen and oxygen atoms in total. The fourth-order valence-corrected chi connectivity index (χ4v) is 0.953. The number of aromatic amines is 1. The molecule has 0 spiro atoms. The summed E-state index contributed by atoms with van der Waals surface area (Å²) in [6.45, 7) is 4.71. The highest BCUT2D eigenvalue weighted by molar-refractivity contribution is 4.95. The zero-order valence-corrected chi connectivity index (χ0v) is 6.35. The van der Waals surface area contributed by atoms with Crippen molar-refractivity contribution in [1.29, 1.82) is 0 Å². The van der Waals surface area contributed by atoms with E-state index in [1.807, 2.05) is 13.8 Å². The van der Waals surface area contributed by atoms with Crippen molar-refractivity contribution in [2.24, 2.45) is 0 Å². The van der Waals surface area contributed by atoms with Crippen molar-refractivity contribution in [2.75, 3.05) is 0 Å². The molecular formula is C7H12N2O. The van der Waals surface area contributed by atoms with Gasteiger partial charge in [-0.25, -0.2) is 0 Å². The van der Waals surface area contributed by atoms with Crippen LogP contribution in [0.1, 0.15) is 19.0 Å². The van der Waals surface area contributed by atoms with Crippen LogP contribution in [-0.4, -0.2) is 9.78 Å². The standard InChI is InChI=1S/C7H12N2O/c1-3-4-9-7(10)5-6(2)8-9/h5,8H,3-4H2,1-2H3. The lowest BCUT2D eigenvalue weighted by Crippen LogP contribution is -2.15. The summed E-state index contributed by atoms with van der Waals surface area (Å²) in [5.74, 6) is 0. The molecule has 1 heterocycles. The number of nitrogens with one attached hydrogen (secondary N) is 1. The highest BCUT2D eigenvalue weighted by Crippen LogP contribution is 1.86. The Labute approximate surface area is 59.7 Å². The van der Waals surface area contributed by atoms with E-state index in [-0.39, 0.29) is 5.56 Å². The van der Waals surface area contributed by atoms with E-state index in [0.29, 0.717) is 0 Å². The van der Waals surface area contributed by atoms with Crippen LogP contribution in [0.25, 0.3) is 0 Å².